The maximum absolute atomic E-state index is 12.3. The van der Waals surface area contributed by atoms with Crippen LogP contribution in [0.3, 0.4) is 0 Å². The minimum atomic E-state index is -0.421. The maximum Gasteiger partial charge on any atom is 0.271 e. The van der Waals surface area contributed by atoms with Gasteiger partial charge in [-0.1, -0.05) is 35.9 Å². The molecular formula is C24H23ClN2O4. The Morgan fingerprint density at radius 1 is 1.19 bits per heavy atom. The SMILES string of the molecule is O=C(N/N=C/c1ccc(OCC2CCCCO2)c2ccccc12)c1ccc(O)c(Cl)c1. The van der Waals surface area contributed by atoms with Crippen LogP contribution in [-0.2, 0) is 4.74 Å². The highest BCUT2D eigenvalue weighted by molar-refractivity contribution is 6.32. The van der Waals surface area contributed by atoms with Crippen molar-refractivity contribution in [1.82, 2.24) is 5.43 Å². The molecule has 0 aromatic heterocycles. The molecule has 0 spiro atoms. The number of carbonyl (C=O) groups is 1. The molecule has 3 aromatic rings. The highest BCUT2D eigenvalue weighted by atomic mass is 35.5. The van der Waals surface area contributed by atoms with Gasteiger partial charge in [-0.2, -0.15) is 5.10 Å². The van der Waals surface area contributed by atoms with Crippen LogP contribution in [0.5, 0.6) is 11.5 Å². The quantitative estimate of drug-likeness (QED) is 0.423. The van der Waals surface area contributed by atoms with E-state index in [9.17, 15) is 9.90 Å². The van der Waals surface area contributed by atoms with Gasteiger partial charge in [0.1, 0.15) is 18.1 Å². The summed E-state index contributed by atoms with van der Waals surface area (Å²) in [7, 11) is 0. The molecule has 160 valence electrons. The lowest BCUT2D eigenvalue weighted by molar-refractivity contribution is -0.0107. The molecule has 0 aliphatic carbocycles. The van der Waals surface area contributed by atoms with Crippen molar-refractivity contribution in [3.8, 4) is 11.5 Å². The molecule has 7 heteroatoms. The average molecular weight is 439 g/mol. The summed E-state index contributed by atoms with van der Waals surface area (Å²) in [5.74, 6) is 0.296. The van der Waals surface area contributed by atoms with Crippen molar-refractivity contribution in [1.29, 1.82) is 0 Å². The number of rotatable bonds is 6. The molecule has 31 heavy (non-hydrogen) atoms. The first-order valence-electron chi connectivity index (χ1n) is 10.2. The Kier molecular flexibility index (Phi) is 6.70. The monoisotopic (exact) mass is 438 g/mol. The topological polar surface area (TPSA) is 80.2 Å². The second-order valence-electron chi connectivity index (χ2n) is 7.36. The van der Waals surface area contributed by atoms with Crippen LogP contribution in [0.4, 0.5) is 0 Å². The smallest absolute Gasteiger partial charge is 0.271 e. The van der Waals surface area contributed by atoms with Gasteiger partial charge in [-0.3, -0.25) is 4.79 Å². The molecule has 2 N–H and O–H groups in total. The van der Waals surface area contributed by atoms with E-state index in [-0.39, 0.29) is 16.9 Å². The predicted molar refractivity (Wildman–Crippen MR) is 121 cm³/mol. The summed E-state index contributed by atoms with van der Waals surface area (Å²) in [6.07, 6.45) is 5.04. The van der Waals surface area contributed by atoms with Crippen LogP contribution in [0.25, 0.3) is 10.8 Å². The third-order valence-electron chi connectivity index (χ3n) is 5.20. The number of amides is 1. The third-order valence-corrected chi connectivity index (χ3v) is 5.50. The van der Waals surface area contributed by atoms with E-state index >= 15 is 0 Å². The van der Waals surface area contributed by atoms with Gasteiger partial charge >= 0.3 is 0 Å². The normalized spacial score (nSPS) is 16.5. The van der Waals surface area contributed by atoms with Crippen molar-refractivity contribution in [3.05, 3.63) is 70.7 Å². The number of nitrogens with zero attached hydrogens (tertiary/aromatic N) is 1. The fourth-order valence-corrected chi connectivity index (χ4v) is 3.71. The van der Waals surface area contributed by atoms with E-state index in [1.54, 1.807) is 6.21 Å². The molecule has 1 amide bonds. The summed E-state index contributed by atoms with van der Waals surface area (Å²) in [6, 6.07) is 16.0. The molecule has 1 unspecified atom stereocenters. The lowest BCUT2D eigenvalue weighted by atomic mass is 10.0. The van der Waals surface area contributed by atoms with E-state index in [1.165, 1.54) is 24.6 Å². The molecule has 1 atom stereocenters. The van der Waals surface area contributed by atoms with Crippen LogP contribution in [0, 0.1) is 0 Å². The second kappa shape index (κ2) is 9.81. The van der Waals surface area contributed by atoms with Gasteiger partial charge in [0, 0.05) is 23.1 Å². The second-order valence-corrected chi connectivity index (χ2v) is 7.77. The Hall–Kier alpha value is -3.09. The van der Waals surface area contributed by atoms with E-state index in [4.69, 9.17) is 21.1 Å². The van der Waals surface area contributed by atoms with Gasteiger partial charge in [-0.05, 0) is 55.0 Å². The van der Waals surface area contributed by atoms with Crippen molar-refractivity contribution in [3.63, 3.8) is 0 Å². The van der Waals surface area contributed by atoms with E-state index in [2.05, 4.69) is 10.5 Å². The van der Waals surface area contributed by atoms with Crippen molar-refractivity contribution in [2.24, 2.45) is 5.10 Å². The number of phenolic OH excluding ortho intramolecular Hbond substituents is 1. The molecular weight excluding hydrogens is 416 g/mol. The summed E-state index contributed by atoms with van der Waals surface area (Å²) in [5.41, 5.74) is 3.64. The Morgan fingerprint density at radius 3 is 2.81 bits per heavy atom. The van der Waals surface area contributed by atoms with E-state index in [1.807, 2.05) is 36.4 Å². The molecule has 1 aliphatic heterocycles. The first kappa shape index (κ1) is 21.2. The number of halogens is 1. The highest BCUT2D eigenvalue weighted by Gasteiger charge is 2.15. The lowest BCUT2D eigenvalue weighted by Gasteiger charge is -2.23. The van der Waals surface area contributed by atoms with Crippen molar-refractivity contribution in [2.75, 3.05) is 13.2 Å². The maximum atomic E-state index is 12.3. The zero-order chi connectivity index (χ0) is 21.6. The standard InChI is InChI=1S/C24H23ClN2O4/c25-21-13-16(8-10-22(21)28)24(29)27-26-14-17-9-11-23(20-7-2-1-6-19(17)20)31-15-18-5-3-4-12-30-18/h1-2,6-11,13-14,18,28H,3-5,12,15H2,(H,27,29)/b26-14+. The minimum Gasteiger partial charge on any atom is -0.506 e. The minimum absolute atomic E-state index is 0.0782. The molecule has 1 heterocycles. The molecule has 1 aliphatic rings. The van der Waals surface area contributed by atoms with Gasteiger partial charge in [0.25, 0.3) is 5.91 Å². The van der Waals surface area contributed by atoms with Crippen LogP contribution >= 0.6 is 11.6 Å². The zero-order valence-corrected chi connectivity index (χ0v) is 17.6. The number of aromatic hydroxyl groups is 1. The fraction of sp³-hybridized carbons (Fsp3) is 0.250. The predicted octanol–water partition coefficient (Wildman–Crippen LogP) is 4.91. The van der Waals surface area contributed by atoms with Gasteiger partial charge in [-0.25, -0.2) is 5.43 Å². The molecule has 6 nitrogen and oxygen atoms in total. The average Bonchev–Trinajstić information content (AvgIpc) is 2.80. The van der Waals surface area contributed by atoms with Gasteiger partial charge in [0.05, 0.1) is 17.3 Å². The van der Waals surface area contributed by atoms with Crippen molar-refractivity contribution < 1.29 is 19.4 Å². The van der Waals surface area contributed by atoms with Crippen LogP contribution < -0.4 is 10.2 Å². The Bertz CT molecular complexity index is 1110. The fourth-order valence-electron chi connectivity index (χ4n) is 3.53. The third kappa shape index (κ3) is 5.16. The summed E-state index contributed by atoms with van der Waals surface area (Å²) < 4.78 is 11.8. The van der Waals surface area contributed by atoms with E-state index in [0.717, 1.165) is 41.5 Å². The van der Waals surface area contributed by atoms with Gasteiger partial charge in [0.2, 0.25) is 0 Å². The van der Waals surface area contributed by atoms with Crippen LogP contribution in [-0.4, -0.2) is 36.5 Å². The largest absolute Gasteiger partial charge is 0.506 e. The number of ether oxygens (including phenoxy) is 2. The Balaban J connectivity index is 1.47. The Labute approximate surface area is 185 Å². The van der Waals surface area contributed by atoms with E-state index < -0.39 is 5.91 Å². The first-order valence-corrected chi connectivity index (χ1v) is 10.6. The van der Waals surface area contributed by atoms with Crippen LogP contribution in [0.1, 0.15) is 35.2 Å². The highest BCUT2D eigenvalue weighted by Crippen LogP contribution is 2.29. The molecule has 0 radical (unpaired) electrons. The molecule has 0 bridgehead atoms. The van der Waals surface area contributed by atoms with Crippen LogP contribution in [0.2, 0.25) is 5.02 Å². The number of carbonyl (C=O) groups excluding carboxylic acids is 1. The number of fused-ring (bicyclic) bond motifs is 1. The summed E-state index contributed by atoms with van der Waals surface area (Å²) in [6.45, 7) is 1.33. The number of nitrogens with one attached hydrogen (secondary N) is 1. The molecule has 0 saturated carbocycles. The van der Waals surface area contributed by atoms with Gasteiger partial charge < -0.3 is 14.6 Å². The van der Waals surface area contributed by atoms with E-state index in [0.29, 0.717) is 12.2 Å². The van der Waals surface area contributed by atoms with Crippen molar-refractivity contribution >= 4 is 34.5 Å². The van der Waals surface area contributed by atoms with Gasteiger partial charge in [0.15, 0.2) is 0 Å². The lowest BCUT2D eigenvalue weighted by Crippen LogP contribution is -2.25. The summed E-state index contributed by atoms with van der Waals surface area (Å²) >= 11 is 5.86. The van der Waals surface area contributed by atoms with Crippen LogP contribution in [0.15, 0.2) is 59.7 Å². The number of hydrogen-bond donors (Lipinski definition) is 2. The molecule has 1 saturated heterocycles. The first-order chi connectivity index (χ1) is 15.1. The molecule has 1 fully saturated rings. The number of benzene rings is 3. The molecule has 4 rings (SSSR count). The number of hydrazone groups is 1. The van der Waals surface area contributed by atoms with Crippen molar-refractivity contribution in [2.45, 2.75) is 25.4 Å². The van der Waals surface area contributed by atoms with Gasteiger partial charge in [-0.15, -0.1) is 0 Å². The summed E-state index contributed by atoms with van der Waals surface area (Å²) in [5, 5.41) is 15.6. The number of phenols is 1. The Morgan fingerprint density at radius 2 is 2.03 bits per heavy atom. The zero-order valence-electron chi connectivity index (χ0n) is 16.9. The molecule has 3 aromatic carbocycles. The number of hydrogen-bond acceptors (Lipinski definition) is 5. The summed E-state index contributed by atoms with van der Waals surface area (Å²) in [4.78, 5) is 12.3.